The van der Waals surface area contributed by atoms with E-state index in [0.29, 0.717) is 41.1 Å². The van der Waals surface area contributed by atoms with E-state index in [2.05, 4.69) is 41.6 Å². The minimum absolute atomic E-state index is 0.0560. The van der Waals surface area contributed by atoms with Crippen LogP contribution in [0.5, 0.6) is 23.0 Å². The van der Waals surface area contributed by atoms with E-state index in [1.54, 1.807) is 26.5 Å². The molecule has 1 aromatic heterocycles. The molecule has 1 unspecified atom stereocenters. The normalized spacial score (nSPS) is 11.8. The first-order valence-corrected chi connectivity index (χ1v) is 12.3. The van der Waals surface area contributed by atoms with Crippen LogP contribution in [0.3, 0.4) is 0 Å². The Morgan fingerprint density at radius 1 is 0.892 bits per heavy atom. The minimum atomic E-state index is -0.300. The first-order valence-electron chi connectivity index (χ1n) is 12.3. The third-order valence-electron chi connectivity index (χ3n) is 5.98. The summed E-state index contributed by atoms with van der Waals surface area (Å²) in [4.78, 5) is 17.5. The van der Waals surface area contributed by atoms with Crippen molar-refractivity contribution in [2.24, 2.45) is 5.92 Å². The molecule has 0 saturated carbocycles. The molecule has 0 bridgehead atoms. The van der Waals surface area contributed by atoms with Crippen LogP contribution in [0, 0.1) is 5.92 Å². The van der Waals surface area contributed by atoms with Gasteiger partial charge < -0.3 is 24.8 Å². The van der Waals surface area contributed by atoms with E-state index in [1.165, 1.54) is 0 Å². The number of rotatable bonds is 11. The van der Waals surface area contributed by atoms with Crippen LogP contribution < -0.4 is 24.8 Å². The summed E-state index contributed by atoms with van der Waals surface area (Å²) in [5, 5.41) is 7.24. The number of fused-ring (bicyclic) bond motifs is 1. The monoisotopic (exact) mass is 499 g/mol. The van der Waals surface area contributed by atoms with Crippen LogP contribution in [0.1, 0.15) is 25.8 Å². The zero-order chi connectivity index (χ0) is 26.2. The van der Waals surface area contributed by atoms with E-state index in [9.17, 15) is 4.79 Å². The van der Waals surface area contributed by atoms with Gasteiger partial charge in [0.2, 0.25) is 5.91 Å². The van der Waals surface area contributed by atoms with Crippen LogP contribution in [0.2, 0.25) is 0 Å². The quantitative estimate of drug-likeness (QED) is 0.256. The fourth-order valence-electron chi connectivity index (χ4n) is 4.09. The molecule has 1 heterocycles. The van der Waals surface area contributed by atoms with Crippen molar-refractivity contribution in [3.8, 4) is 23.0 Å². The number of aromatic nitrogens is 1. The Bertz CT molecular complexity index is 1320. The molecule has 4 aromatic rings. The number of methoxy groups -OCH3 is 2. The molecule has 0 spiro atoms. The fraction of sp³-hybridized carbons (Fsp3) is 0.267. The Labute approximate surface area is 217 Å². The Morgan fingerprint density at radius 3 is 2.27 bits per heavy atom. The van der Waals surface area contributed by atoms with Gasteiger partial charge in [-0.3, -0.25) is 9.78 Å². The highest BCUT2D eigenvalue weighted by Crippen LogP contribution is 2.37. The molecule has 0 aliphatic carbocycles. The van der Waals surface area contributed by atoms with Crippen LogP contribution in [-0.2, 0) is 11.3 Å². The standard InChI is InChI=1S/C30H33N3O4/c1-20(2)16-26(32-19-21-8-6-5-7-9-21)30(34)33-22-10-12-23(13-11-22)37-27-14-15-31-25-18-29(36-4)28(35-3)17-24(25)27/h5-15,17-18,20,26,32H,16,19H2,1-4H3,(H,33,34). The van der Waals surface area contributed by atoms with E-state index < -0.39 is 0 Å². The Morgan fingerprint density at radius 2 is 1.59 bits per heavy atom. The maximum Gasteiger partial charge on any atom is 0.241 e. The van der Waals surface area contributed by atoms with E-state index in [0.717, 1.165) is 22.9 Å². The molecule has 192 valence electrons. The molecule has 37 heavy (non-hydrogen) atoms. The van der Waals surface area contributed by atoms with Gasteiger partial charge in [-0.15, -0.1) is 0 Å². The van der Waals surface area contributed by atoms with Gasteiger partial charge in [0, 0.05) is 29.9 Å². The average molecular weight is 500 g/mol. The number of ether oxygens (including phenoxy) is 3. The van der Waals surface area contributed by atoms with Gasteiger partial charge in [0.25, 0.3) is 0 Å². The molecule has 1 amide bonds. The number of anilines is 1. The molecule has 0 saturated heterocycles. The number of hydrogen-bond donors (Lipinski definition) is 2. The van der Waals surface area contributed by atoms with Crippen molar-refractivity contribution >= 4 is 22.5 Å². The molecule has 7 heteroatoms. The lowest BCUT2D eigenvalue weighted by atomic mass is 10.0. The second-order valence-corrected chi connectivity index (χ2v) is 9.20. The maximum absolute atomic E-state index is 13.1. The highest BCUT2D eigenvalue weighted by atomic mass is 16.5. The lowest BCUT2D eigenvalue weighted by Gasteiger charge is -2.20. The highest BCUT2D eigenvalue weighted by Gasteiger charge is 2.19. The van der Waals surface area contributed by atoms with Gasteiger partial charge >= 0.3 is 0 Å². The van der Waals surface area contributed by atoms with Gasteiger partial charge in [-0.1, -0.05) is 44.2 Å². The number of amides is 1. The van der Waals surface area contributed by atoms with Crippen LogP contribution in [0.4, 0.5) is 5.69 Å². The summed E-state index contributed by atoms with van der Waals surface area (Å²) in [6, 6.07) is 22.6. The largest absolute Gasteiger partial charge is 0.493 e. The van der Waals surface area contributed by atoms with Crippen molar-refractivity contribution in [1.29, 1.82) is 0 Å². The molecule has 0 radical (unpaired) electrons. The van der Waals surface area contributed by atoms with Crippen LogP contribution in [-0.4, -0.2) is 31.2 Å². The minimum Gasteiger partial charge on any atom is -0.493 e. The Balaban J connectivity index is 1.44. The van der Waals surface area contributed by atoms with Crippen molar-refractivity contribution < 1.29 is 19.0 Å². The Kier molecular flexibility index (Phi) is 8.59. The smallest absolute Gasteiger partial charge is 0.241 e. The highest BCUT2D eigenvalue weighted by molar-refractivity contribution is 5.95. The van der Waals surface area contributed by atoms with Crippen LogP contribution >= 0.6 is 0 Å². The molecular formula is C30H33N3O4. The molecule has 7 nitrogen and oxygen atoms in total. The lowest BCUT2D eigenvalue weighted by molar-refractivity contribution is -0.118. The molecule has 4 rings (SSSR count). The molecular weight excluding hydrogens is 466 g/mol. The van der Waals surface area contributed by atoms with E-state index >= 15 is 0 Å². The zero-order valence-electron chi connectivity index (χ0n) is 21.7. The summed E-state index contributed by atoms with van der Waals surface area (Å²) in [5.74, 6) is 2.81. The second-order valence-electron chi connectivity index (χ2n) is 9.20. The summed E-state index contributed by atoms with van der Waals surface area (Å²) in [6.07, 6.45) is 2.43. The predicted molar refractivity (Wildman–Crippen MR) is 147 cm³/mol. The maximum atomic E-state index is 13.1. The summed E-state index contributed by atoms with van der Waals surface area (Å²) < 4.78 is 17.0. The number of pyridine rings is 1. The van der Waals surface area contributed by atoms with Crippen molar-refractivity contribution in [3.05, 3.63) is 84.6 Å². The van der Waals surface area contributed by atoms with Crippen molar-refractivity contribution in [1.82, 2.24) is 10.3 Å². The number of nitrogens with zero attached hydrogens (tertiary/aromatic N) is 1. The van der Waals surface area contributed by atoms with E-state index in [4.69, 9.17) is 14.2 Å². The van der Waals surface area contributed by atoms with Gasteiger partial charge in [0.15, 0.2) is 11.5 Å². The SMILES string of the molecule is COc1cc2nccc(Oc3ccc(NC(=O)C(CC(C)C)NCc4ccccc4)cc3)c2cc1OC. The van der Waals surface area contributed by atoms with E-state index in [-0.39, 0.29) is 11.9 Å². The van der Waals surface area contributed by atoms with Crippen molar-refractivity contribution in [2.45, 2.75) is 32.9 Å². The molecule has 1 atom stereocenters. The number of hydrogen-bond acceptors (Lipinski definition) is 6. The number of carbonyl (C=O) groups excluding carboxylic acids is 1. The molecule has 0 aliphatic rings. The van der Waals surface area contributed by atoms with Gasteiger partial charge in [-0.05, 0) is 54.3 Å². The van der Waals surface area contributed by atoms with Crippen molar-refractivity contribution in [3.63, 3.8) is 0 Å². The van der Waals surface area contributed by atoms with Gasteiger partial charge in [0.05, 0.1) is 25.8 Å². The molecule has 0 fully saturated rings. The van der Waals surface area contributed by atoms with E-state index in [1.807, 2.05) is 54.6 Å². The number of benzene rings is 3. The topological polar surface area (TPSA) is 81.7 Å². The van der Waals surface area contributed by atoms with Crippen molar-refractivity contribution in [2.75, 3.05) is 19.5 Å². The Hall–Kier alpha value is -4.10. The van der Waals surface area contributed by atoms with Crippen LogP contribution in [0.15, 0.2) is 79.0 Å². The second kappa shape index (κ2) is 12.2. The average Bonchev–Trinajstić information content (AvgIpc) is 2.91. The molecule has 0 aliphatic heterocycles. The predicted octanol–water partition coefficient (Wildman–Crippen LogP) is 6.19. The van der Waals surface area contributed by atoms with Crippen LogP contribution in [0.25, 0.3) is 10.9 Å². The summed E-state index contributed by atoms with van der Waals surface area (Å²) in [5.41, 5.74) is 2.59. The first-order chi connectivity index (χ1) is 18.0. The summed E-state index contributed by atoms with van der Waals surface area (Å²) >= 11 is 0. The third kappa shape index (κ3) is 6.77. The lowest BCUT2D eigenvalue weighted by Crippen LogP contribution is -2.41. The molecule has 2 N–H and O–H groups in total. The number of carbonyl (C=O) groups is 1. The van der Waals surface area contributed by atoms with Gasteiger partial charge in [-0.2, -0.15) is 0 Å². The molecule has 3 aromatic carbocycles. The van der Waals surface area contributed by atoms with Gasteiger partial charge in [-0.25, -0.2) is 0 Å². The fourth-order valence-corrected chi connectivity index (χ4v) is 4.09. The summed E-state index contributed by atoms with van der Waals surface area (Å²) in [7, 11) is 3.19. The first kappa shape index (κ1) is 26.0. The third-order valence-corrected chi connectivity index (χ3v) is 5.98. The van der Waals surface area contributed by atoms with Gasteiger partial charge in [0.1, 0.15) is 11.5 Å². The number of nitrogens with one attached hydrogen (secondary N) is 2. The summed E-state index contributed by atoms with van der Waals surface area (Å²) in [6.45, 7) is 4.87. The zero-order valence-corrected chi connectivity index (χ0v) is 21.7.